The highest BCUT2D eigenvalue weighted by molar-refractivity contribution is 5.82. The first kappa shape index (κ1) is 19.4. The van der Waals surface area contributed by atoms with Gasteiger partial charge < -0.3 is 10.2 Å². The van der Waals surface area contributed by atoms with Crippen molar-refractivity contribution in [1.82, 2.24) is 0 Å². The van der Waals surface area contributed by atoms with Crippen molar-refractivity contribution in [3.05, 3.63) is 30.3 Å². The fourth-order valence-electron chi connectivity index (χ4n) is 2.27. The van der Waals surface area contributed by atoms with Crippen molar-refractivity contribution in [2.24, 2.45) is 5.92 Å². The molecule has 0 unspecified atom stereocenters. The average Bonchev–Trinajstić information content (AvgIpc) is 2.46. The number of carboxylic acid groups (broad SMARTS) is 1. The topological polar surface area (TPSA) is 69.6 Å². The molecule has 0 fully saturated rings. The Kier molecular flexibility index (Phi) is 12.4. The van der Waals surface area contributed by atoms with Crippen molar-refractivity contribution in [1.29, 1.82) is 0 Å². The summed E-state index contributed by atoms with van der Waals surface area (Å²) >= 11 is 0. The monoisotopic (exact) mass is 295 g/mol. The standard InChI is InChI=1S/C10H22O.C7H7NO2/c1-3-6-10(7-4-2)8-5-9-11;9-7(10)8-6-4-2-1-3-5-6/h10-11H,3-9H2,1-2H3;1-5,8H,(H,9,10). The lowest BCUT2D eigenvalue weighted by Crippen LogP contribution is -2.06. The molecule has 0 aliphatic rings. The van der Waals surface area contributed by atoms with Crippen LogP contribution in [0.3, 0.4) is 0 Å². The lowest BCUT2D eigenvalue weighted by Gasteiger charge is -2.13. The minimum atomic E-state index is -1.04. The Morgan fingerprint density at radius 2 is 1.67 bits per heavy atom. The smallest absolute Gasteiger partial charge is 0.409 e. The molecule has 1 amide bonds. The quantitative estimate of drug-likeness (QED) is 0.648. The first-order chi connectivity index (χ1) is 10.1. The van der Waals surface area contributed by atoms with Gasteiger partial charge >= 0.3 is 6.09 Å². The molecule has 0 aliphatic carbocycles. The molecule has 0 spiro atoms. The zero-order chi connectivity index (χ0) is 15.9. The van der Waals surface area contributed by atoms with E-state index in [0.29, 0.717) is 12.3 Å². The van der Waals surface area contributed by atoms with Crippen LogP contribution in [0, 0.1) is 5.92 Å². The second-order valence-electron chi connectivity index (χ2n) is 5.11. The third-order valence-electron chi connectivity index (χ3n) is 3.19. The summed E-state index contributed by atoms with van der Waals surface area (Å²) < 4.78 is 0. The molecular weight excluding hydrogens is 266 g/mol. The van der Waals surface area contributed by atoms with E-state index in [0.717, 1.165) is 12.3 Å². The first-order valence-electron chi connectivity index (χ1n) is 7.79. The van der Waals surface area contributed by atoms with Crippen LogP contribution in [0.2, 0.25) is 0 Å². The Labute approximate surface area is 128 Å². The van der Waals surface area contributed by atoms with Crippen molar-refractivity contribution in [3.8, 4) is 0 Å². The summed E-state index contributed by atoms with van der Waals surface area (Å²) in [6.07, 6.45) is 6.43. The molecule has 0 bridgehead atoms. The number of carbonyl (C=O) groups is 1. The molecule has 0 radical (unpaired) electrons. The molecule has 21 heavy (non-hydrogen) atoms. The maximum atomic E-state index is 10.1. The second-order valence-corrected chi connectivity index (χ2v) is 5.11. The molecule has 4 heteroatoms. The minimum Gasteiger partial charge on any atom is -0.465 e. The molecule has 3 N–H and O–H groups in total. The predicted octanol–water partition coefficient (Wildman–Crippen LogP) is 4.75. The van der Waals surface area contributed by atoms with E-state index in [-0.39, 0.29) is 0 Å². The Balaban J connectivity index is 0.000000382. The number of benzene rings is 1. The zero-order valence-electron chi connectivity index (χ0n) is 13.2. The maximum absolute atomic E-state index is 10.1. The number of hydrogen-bond acceptors (Lipinski definition) is 2. The summed E-state index contributed by atoms with van der Waals surface area (Å²) in [4.78, 5) is 10.1. The average molecular weight is 295 g/mol. The molecule has 120 valence electrons. The van der Waals surface area contributed by atoms with Crippen molar-refractivity contribution < 1.29 is 15.0 Å². The number of amides is 1. The lowest BCUT2D eigenvalue weighted by atomic mass is 9.94. The molecule has 0 aromatic heterocycles. The van der Waals surface area contributed by atoms with E-state index in [4.69, 9.17) is 10.2 Å². The van der Waals surface area contributed by atoms with Crippen LogP contribution in [0.25, 0.3) is 0 Å². The van der Waals surface area contributed by atoms with Gasteiger partial charge in [-0.15, -0.1) is 0 Å². The SMILES string of the molecule is CCCC(CCC)CCCO.O=C(O)Nc1ccccc1. The number of rotatable bonds is 8. The predicted molar refractivity (Wildman–Crippen MR) is 87.7 cm³/mol. The Hall–Kier alpha value is -1.55. The van der Waals surface area contributed by atoms with Crippen molar-refractivity contribution in [2.45, 2.75) is 52.4 Å². The Bertz CT molecular complexity index is 348. The van der Waals surface area contributed by atoms with Crippen LogP contribution in [0.5, 0.6) is 0 Å². The van der Waals surface area contributed by atoms with Gasteiger partial charge in [-0.3, -0.25) is 5.32 Å². The fourth-order valence-corrected chi connectivity index (χ4v) is 2.27. The van der Waals surface area contributed by atoms with Gasteiger partial charge in [-0.05, 0) is 30.9 Å². The molecule has 1 aromatic rings. The normalized spacial score (nSPS) is 9.90. The van der Waals surface area contributed by atoms with Crippen LogP contribution >= 0.6 is 0 Å². The van der Waals surface area contributed by atoms with Gasteiger partial charge in [-0.2, -0.15) is 0 Å². The second kappa shape index (κ2) is 13.4. The van der Waals surface area contributed by atoms with Crippen molar-refractivity contribution >= 4 is 11.8 Å². The highest BCUT2D eigenvalue weighted by Crippen LogP contribution is 2.18. The van der Waals surface area contributed by atoms with E-state index in [1.807, 2.05) is 6.07 Å². The highest BCUT2D eigenvalue weighted by Gasteiger charge is 2.04. The van der Waals surface area contributed by atoms with E-state index in [9.17, 15) is 4.79 Å². The summed E-state index contributed by atoms with van der Waals surface area (Å²) in [5.74, 6) is 0.872. The van der Waals surface area contributed by atoms with Gasteiger partial charge in [0.2, 0.25) is 0 Å². The van der Waals surface area contributed by atoms with Crippen molar-refractivity contribution in [3.63, 3.8) is 0 Å². The molecule has 0 aliphatic heterocycles. The van der Waals surface area contributed by atoms with E-state index >= 15 is 0 Å². The third kappa shape index (κ3) is 11.9. The summed E-state index contributed by atoms with van der Waals surface area (Å²) in [5, 5.41) is 19.1. The van der Waals surface area contributed by atoms with Gasteiger partial charge in [0.25, 0.3) is 0 Å². The van der Waals surface area contributed by atoms with Gasteiger partial charge in [-0.1, -0.05) is 57.7 Å². The number of nitrogens with one attached hydrogen (secondary N) is 1. The van der Waals surface area contributed by atoms with Gasteiger partial charge in [0, 0.05) is 12.3 Å². The number of anilines is 1. The third-order valence-corrected chi connectivity index (χ3v) is 3.19. The van der Waals surface area contributed by atoms with Crippen LogP contribution in [-0.2, 0) is 0 Å². The van der Waals surface area contributed by atoms with Gasteiger partial charge in [0.1, 0.15) is 0 Å². The van der Waals surface area contributed by atoms with Crippen molar-refractivity contribution in [2.75, 3.05) is 11.9 Å². The zero-order valence-corrected chi connectivity index (χ0v) is 13.2. The van der Waals surface area contributed by atoms with E-state index in [1.165, 1.54) is 32.1 Å². The molecule has 0 saturated carbocycles. The van der Waals surface area contributed by atoms with Crippen LogP contribution in [-0.4, -0.2) is 22.9 Å². The lowest BCUT2D eigenvalue weighted by molar-refractivity contribution is 0.209. The molecule has 1 rings (SSSR count). The van der Waals surface area contributed by atoms with Gasteiger partial charge in [0.15, 0.2) is 0 Å². The van der Waals surface area contributed by atoms with Crippen LogP contribution < -0.4 is 5.32 Å². The number of para-hydroxylation sites is 1. The number of aliphatic hydroxyl groups excluding tert-OH is 1. The Morgan fingerprint density at radius 3 is 2.10 bits per heavy atom. The van der Waals surface area contributed by atoms with Gasteiger partial charge in [-0.25, -0.2) is 4.79 Å². The molecule has 0 heterocycles. The molecule has 0 saturated heterocycles. The summed E-state index contributed by atoms with van der Waals surface area (Å²) in [7, 11) is 0. The highest BCUT2D eigenvalue weighted by atomic mass is 16.4. The van der Waals surface area contributed by atoms with E-state index < -0.39 is 6.09 Å². The van der Waals surface area contributed by atoms with Crippen LogP contribution in [0.4, 0.5) is 10.5 Å². The van der Waals surface area contributed by atoms with Crippen LogP contribution in [0.1, 0.15) is 52.4 Å². The molecule has 1 aromatic carbocycles. The van der Waals surface area contributed by atoms with Crippen LogP contribution in [0.15, 0.2) is 30.3 Å². The Morgan fingerprint density at radius 1 is 1.10 bits per heavy atom. The first-order valence-corrected chi connectivity index (χ1v) is 7.79. The summed E-state index contributed by atoms with van der Waals surface area (Å²) in [6, 6.07) is 8.74. The van der Waals surface area contributed by atoms with E-state index in [1.54, 1.807) is 24.3 Å². The number of aliphatic hydroxyl groups is 1. The van der Waals surface area contributed by atoms with Gasteiger partial charge in [0.05, 0.1) is 0 Å². The molecular formula is C17H29NO3. The largest absolute Gasteiger partial charge is 0.465 e. The summed E-state index contributed by atoms with van der Waals surface area (Å²) in [5.41, 5.74) is 0.593. The molecule has 4 nitrogen and oxygen atoms in total. The fraction of sp³-hybridized carbons (Fsp3) is 0.588. The minimum absolute atomic E-state index is 0.365. The van der Waals surface area contributed by atoms with E-state index in [2.05, 4.69) is 19.2 Å². The number of hydrogen-bond donors (Lipinski definition) is 3. The molecule has 0 atom stereocenters. The maximum Gasteiger partial charge on any atom is 0.409 e. The summed E-state index contributed by atoms with van der Waals surface area (Å²) in [6.45, 7) is 4.84.